The molecule has 156 valence electrons. The Labute approximate surface area is 173 Å². The summed E-state index contributed by atoms with van der Waals surface area (Å²) in [5, 5.41) is 9.61. The first-order valence-corrected chi connectivity index (χ1v) is 10.4. The first kappa shape index (κ1) is 21.3. The topological polar surface area (TPSA) is 99.6 Å². The minimum absolute atomic E-state index is 0.0343. The van der Waals surface area contributed by atoms with E-state index in [1.807, 2.05) is 30.3 Å². The normalized spacial score (nSPS) is 11.2. The molecule has 0 aliphatic heterocycles. The molecule has 0 aliphatic rings. The molecule has 0 saturated carbocycles. The number of aromatic nitrogens is 1. The Hall–Kier alpha value is -3.46. The third-order valence-corrected chi connectivity index (χ3v) is 5.94. The summed E-state index contributed by atoms with van der Waals surface area (Å²) in [6.07, 6.45) is 1.23. The van der Waals surface area contributed by atoms with E-state index >= 15 is 0 Å². The van der Waals surface area contributed by atoms with Crippen LogP contribution in [0.4, 0.5) is 15.9 Å². The van der Waals surface area contributed by atoms with E-state index in [4.69, 9.17) is 0 Å². The fourth-order valence-electron chi connectivity index (χ4n) is 2.98. The standard InChI is InChI=1S/C21H20FN3O4S/c1-14-8-9-16(22)10-19(14)30(28,29)24-17-11-18(21(26)27)20(23-12-17)25(2)13-15-6-4-3-5-7-15/h3-12,24H,13H2,1-2H3,(H,26,27). The molecule has 0 radical (unpaired) electrons. The van der Waals surface area contributed by atoms with E-state index in [9.17, 15) is 22.7 Å². The highest BCUT2D eigenvalue weighted by Crippen LogP contribution is 2.25. The van der Waals surface area contributed by atoms with Crippen LogP contribution in [0.25, 0.3) is 0 Å². The van der Waals surface area contributed by atoms with Gasteiger partial charge in [0.2, 0.25) is 0 Å². The minimum Gasteiger partial charge on any atom is -0.478 e. The SMILES string of the molecule is Cc1ccc(F)cc1S(=O)(=O)Nc1cnc(N(C)Cc2ccccc2)c(C(=O)O)c1. The number of anilines is 2. The molecule has 1 aromatic heterocycles. The average molecular weight is 429 g/mol. The number of nitrogens with zero attached hydrogens (tertiary/aromatic N) is 2. The molecule has 2 aromatic carbocycles. The molecule has 0 spiro atoms. The maximum absolute atomic E-state index is 13.5. The van der Waals surface area contributed by atoms with Gasteiger partial charge in [0, 0.05) is 13.6 Å². The number of carbonyl (C=O) groups is 1. The quantitative estimate of drug-likeness (QED) is 0.595. The molecule has 0 unspecified atom stereocenters. The fourth-order valence-corrected chi connectivity index (χ4v) is 4.27. The summed E-state index contributed by atoms with van der Waals surface area (Å²) in [6, 6.07) is 14.1. The van der Waals surface area contributed by atoms with Crippen molar-refractivity contribution in [3.05, 3.63) is 83.3 Å². The number of carboxylic acid groups (broad SMARTS) is 1. The summed E-state index contributed by atoms with van der Waals surface area (Å²) in [5.74, 6) is -1.75. The second kappa shape index (κ2) is 8.50. The monoisotopic (exact) mass is 429 g/mol. The number of nitrogens with one attached hydrogen (secondary N) is 1. The second-order valence-electron chi connectivity index (χ2n) is 6.76. The lowest BCUT2D eigenvalue weighted by Gasteiger charge is -2.21. The van der Waals surface area contributed by atoms with Crippen molar-refractivity contribution in [3.8, 4) is 0 Å². The molecule has 0 bridgehead atoms. The van der Waals surface area contributed by atoms with Gasteiger partial charge in [-0.15, -0.1) is 0 Å². The van der Waals surface area contributed by atoms with Crippen molar-refractivity contribution in [1.29, 1.82) is 0 Å². The molecule has 3 aromatic rings. The van der Waals surface area contributed by atoms with E-state index in [1.165, 1.54) is 25.3 Å². The molecule has 9 heteroatoms. The summed E-state index contributed by atoms with van der Waals surface area (Å²) in [4.78, 5) is 17.4. The zero-order chi connectivity index (χ0) is 21.9. The van der Waals surface area contributed by atoms with Gasteiger partial charge in [-0.2, -0.15) is 0 Å². The van der Waals surface area contributed by atoms with Crippen LogP contribution in [0.1, 0.15) is 21.5 Å². The van der Waals surface area contributed by atoms with E-state index in [2.05, 4.69) is 9.71 Å². The number of rotatable bonds is 7. The Morgan fingerprint density at radius 1 is 1.17 bits per heavy atom. The minimum atomic E-state index is -4.13. The molecule has 0 amide bonds. The predicted octanol–water partition coefficient (Wildman–Crippen LogP) is 3.66. The lowest BCUT2D eigenvalue weighted by Crippen LogP contribution is -2.21. The van der Waals surface area contributed by atoms with Crippen LogP contribution in [-0.4, -0.2) is 31.5 Å². The first-order valence-electron chi connectivity index (χ1n) is 8.95. The Balaban J connectivity index is 1.91. The molecular weight excluding hydrogens is 409 g/mol. The van der Waals surface area contributed by atoms with E-state index in [0.29, 0.717) is 12.1 Å². The molecule has 0 atom stereocenters. The molecule has 3 rings (SSSR count). The number of sulfonamides is 1. The van der Waals surface area contributed by atoms with Crippen molar-refractivity contribution in [2.24, 2.45) is 0 Å². The fraction of sp³-hybridized carbons (Fsp3) is 0.143. The van der Waals surface area contributed by atoms with Gasteiger partial charge >= 0.3 is 5.97 Å². The summed E-state index contributed by atoms with van der Waals surface area (Å²) in [6.45, 7) is 1.96. The van der Waals surface area contributed by atoms with Crippen molar-refractivity contribution in [3.63, 3.8) is 0 Å². The van der Waals surface area contributed by atoms with Crippen LogP contribution in [0, 0.1) is 12.7 Å². The number of pyridine rings is 1. The predicted molar refractivity (Wildman–Crippen MR) is 112 cm³/mol. The van der Waals surface area contributed by atoms with Crippen molar-refractivity contribution in [2.45, 2.75) is 18.4 Å². The van der Waals surface area contributed by atoms with Crippen molar-refractivity contribution in [2.75, 3.05) is 16.7 Å². The smallest absolute Gasteiger partial charge is 0.339 e. The zero-order valence-electron chi connectivity index (χ0n) is 16.3. The number of hydrogen-bond donors (Lipinski definition) is 2. The van der Waals surface area contributed by atoms with Crippen LogP contribution >= 0.6 is 0 Å². The highest BCUT2D eigenvalue weighted by Gasteiger charge is 2.21. The summed E-state index contributed by atoms with van der Waals surface area (Å²) in [7, 11) is -2.43. The molecular formula is C21H20FN3O4S. The van der Waals surface area contributed by atoms with Gasteiger partial charge in [-0.1, -0.05) is 36.4 Å². The zero-order valence-corrected chi connectivity index (χ0v) is 17.1. The molecule has 7 nitrogen and oxygen atoms in total. The molecule has 2 N–H and O–H groups in total. The number of benzene rings is 2. The van der Waals surface area contributed by atoms with Gasteiger partial charge in [-0.25, -0.2) is 22.6 Å². The van der Waals surface area contributed by atoms with Crippen LogP contribution < -0.4 is 9.62 Å². The molecule has 0 saturated heterocycles. The number of aryl methyl sites for hydroxylation is 1. The Kier molecular flexibility index (Phi) is 6.02. The van der Waals surface area contributed by atoms with Gasteiger partial charge in [0.25, 0.3) is 10.0 Å². The van der Waals surface area contributed by atoms with Gasteiger partial charge in [0.1, 0.15) is 17.2 Å². The Morgan fingerprint density at radius 3 is 2.53 bits per heavy atom. The van der Waals surface area contributed by atoms with Gasteiger partial charge in [0.05, 0.1) is 16.8 Å². The first-order chi connectivity index (χ1) is 14.2. The number of carboxylic acids is 1. The number of halogens is 1. The summed E-state index contributed by atoms with van der Waals surface area (Å²) >= 11 is 0. The van der Waals surface area contributed by atoms with Crippen molar-refractivity contribution in [1.82, 2.24) is 4.98 Å². The van der Waals surface area contributed by atoms with Crippen LogP contribution in [0.5, 0.6) is 0 Å². The molecule has 0 fully saturated rings. The third kappa shape index (κ3) is 4.74. The van der Waals surface area contributed by atoms with Crippen LogP contribution in [0.15, 0.2) is 65.7 Å². The van der Waals surface area contributed by atoms with Gasteiger partial charge in [-0.3, -0.25) is 4.72 Å². The lowest BCUT2D eigenvalue weighted by molar-refractivity contribution is 0.0697. The maximum Gasteiger partial charge on any atom is 0.339 e. The Morgan fingerprint density at radius 2 is 1.87 bits per heavy atom. The average Bonchev–Trinajstić information content (AvgIpc) is 2.70. The second-order valence-corrected chi connectivity index (χ2v) is 8.41. The van der Waals surface area contributed by atoms with Crippen LogP contribution in [0.2, 0.25) is 0 Å². The maximum atomic E-state index is 13.5. The van der Waals surface area contributed by atoms with E-state index in [1.54, 1.807) is 11.9 Å². The van der Waals surface area contributed by atoms with Gasteiger partial charge in [-0.05, 0) is 36.2 Å². The van der Waals surface area contributed by atoms with Gasteiger partial charge in [0.15, 0.2) is 0 Å². The lowest BCUT2D eigenvalue weighted by atomic mass is 10.2. The highest BCUT2D eigenvalue weighted by molar-refractivity contribution is 7.92. The number of aromatic carboxylic acids is 1. The van der Waals surface area contributed by atoms with E-state index in [-0.39, 0.29) is 22.0 Å². The van der Waals surface area contributed by atoms with E-state index in [0.717, 1.165) is 17.7 Å². The van der Waals surface area contributed by atoms with E-state index < -0.39 is 21.8 Å². The summed E-state index contributed by atoms with van der Waals surface area (Å²) < 4.78 is 41.1. The van der Waals surface area contributed by atoms with Gasteiger partial charge < -0.3 is 10.0 Å². The van der Waals surface area contributed by atoms with Crippen LogP contribution in [-0.2, 0) is 16.6 Å². The molecule has 30 heavy (non-hydrogen) atoms. The van der Waals surface area contributed by atoms with Crippen molar-refractivity contribution >= 4 is 27.5 Å². The van der Waals surface area contributed by atoms with Crippen LogP contribution in [0.3, 0.4) is 0 Å². The van der Waals surface area contributed by atoms with Crippen molar-refractivity contribution < 1.29 is 22.7 Å². The highest BCUT2D eigenvalue weighted by atomic mass is 32.2. The molecule has 1 heterocycles. The molecule has 0 aliphatic carbocycles. The third-order valence-electron chi connectivity index (χ3n) is 4.41. The number of hydrogen-bond acceptors (Lipinski definition) is 5. The summed E-state index contributed by atoms with van der Waals surface area (Å²) in [5.41, 5.74) is 1.12. The largest absolute Gasteiger partial charge is 0.478 e. The Bertz CT molecular complexity index is 1180.